The fraction of sp³-hybridized carbons (Fsp3) is 1.00. The molecule has 0 amide bonds. The predicted molar refractivity (Wildman–Crippen MR) is 64.1 cm³/mol. The summed E-state index contributed by atoms with van der Waals surface area (Å²) in [6.07, 6.45) is 10.2. The lowest BCUT2D eigenvalue weighted by molar-refractivity contribution is 0.296. The maximum Gasteiger partial charge on any atom is -0.0236 e. The van der Waals surface area contributed by atoms with E-state index in [0.29, 0.717) is 0 Å². The summed E-state index contributed by atoms with van der Waals surface area (Å²) in [4.78, 5) is 0. The van der Waals surface area contributed by atoms with Crippen molar-refractivity contribution in [1.82, 2.24) is 0 Å². The van der Waals surface area contributed by atoms with E-state index < -0.39 is 0 Å². The average molecular weight is 200 g/mol. The fourth-order valence-corrected chi connectivity index (χ4v) is 2.63. The van der Waals surface area contributed by atoms with Crippen molar-refractivity contribution in [3.05, 3.63) is 0 Å². The van der Waals surface area contributed by atoms with Crippen LogP contribution in [0.15, 0.2) is 0 Å². The third kappa shape index (κ3) is 3.98. The quantitative estimate of drug-likeness (QED) is 0.444. The van der Waals surface area contributed by atoms with E-state index in [9.17, 15) is 0 Å². The molecule has 1 heteroatoms. The molecule has 0 bridgehead atoms. The molecule has 1 saturated carbocycles. The number of hydrogen-bond acceptors (Lipinski definition) is 0. The molecule has 0 N–H and O–H groups in total. The predicted octanol–water partition coefficient (Wildman–Crippen LogP) is 4.25. The minimum Gasteiger partial charge on any atom is -0.134 e. The van der Waals surface area contributed by atoms with Crippen molar-refractivity contribution in [3.63, 3.8) is 0 Å². The van der Waals surface area contributed by atoms with Gasteiger partial charge in [0.15, 0.2) is 0 Å². The van der Waals surface area contributed by atoms with Gasteiger partial charge in [-0.1, -0.05) is 39.5 Å². The molecule has 1 fully saturated rings. The van der Waals surface area contributed by atoms with Crippen molar-refractivity contribution in [2.24, 2.45) is 11.8 Å². The average Bonchev–Trinajstić information content (AvgIpc) is 2.14. The molecule has 1 rings (SSSR count). The summed E-state index contributed by atoms with van der Waals surface area (Å²) in [6, 6.07) is 0. The van der Waals surface area contributed by atoms with E-state index in [4.69, 9.17) is 0 Å². The fourth-order valence-electron chi connectivity index (χ4n) is 2.06. The van der Waals surface area contributed by atoms with Crippen LogP contribution in [0.3, 0.4) is 0 Å². The van der Waals surface area contributed by atoms with E-state index in [1.54, 1.807) is 0 Å². The highest BCUT2D eigenvalue weighted by molar-refractivity contribution is 7.17. The number of hydrogen-bond donors (Lipinski definition) is 0. The summed E-state index contributed by atoms with van der Waals surface area (Å²) in [5.74, 6) is 2.01. The van der Waals surface area contributed by atoms with Gasteiger partial charge in [-0.25, -0.2) is 0 Å². The summed E-state index contributed by atoms with van der Waals surface area (Å²) in [7, 11) is 3.00. The van der Waals surface area contributed by atoms with Crippen molar-refractivity contribution in [2.75, 3.05) is 0 Å². The molecule has 13 heavy (non-hydrogen) atoms. The highest BCUT2D eigenvalue weighted by Gasteiger charge is 2.25. The SMILES string of the molecule is CCC(C)CCCCC1CCC1P. The molecule has 78 valence electrons. The van der Waals surface area contributed by atoms with Crippen molar-refractivity contribution in [1.29, 1.82) is 0 Å². The molecule has 0 aromatic heterocycles. The molecule has 4 atom stereocenters. The first kappa shape index (κ1) is 11.5. The molecular formula is C12H25P. The number of unbranched alkanes of at least 4 members (excludes halogenated alkanes) is 1. The van der Waals surface area contributed by atoms with E-state index in [1.165, 1.54) is 44.9 Å². The lowest BCUT2D eigenvalue weighted by atomic mass is 9.80. The maximum absolute atomic E-state index is 3.00. The molecule has 0 aromatic rings. The standard InChI is InChI=1S/C12H25P/c1-3-10(2)6-4-5-7-11-8-9-12(11)13/h10-12H,3-9,13H2,1-2H3. The third-order valence-corrected chi connectivity index (χ3v) is 4.57. The first-order chi connectivity index (χ1) is 6.24. The molecular weight excluding hydrogens is 175 g/mol. The highest BCUT2D eigenvalue weighted by atomic mass is 31.0. The van der Waals surface area contributed by atoms with Gasteiger partial charge in [0, 0.05) is 0 Å². The van der Waals surface area contributed by atoms with Crippen LogP contribution in [-0.4, -0.2) is 5.66 Å². The second kappa shape index (κ2) is 6.02. The molecule has 0 nitrogen and oxygen atoms in total. The maximum atomic E-state index is 3.00. The van der Waals surface area contributed by atoms with E-state index >= 15 is 0 Å². The second-order valence-corrected chi connectivity index (χ2v) is 5.66. The molecule has 0 aromatic carbocycles. The molecule has 0 saturated heterocycles. The molecule has 1 aliphatic rings. The van der Waals surface area contributed by atoms with E-state index in [0.717, 1.165) is 17.5 Å². The van der Waals surface area contributed by atoms with Crippen LogP contribution in [0.5, 0.6) is 0 Å². The molecule has 4 unspecified atom stereocenters. The van der Waals surface area contributed by atoms with Crippen LogP contribution >= 0.6 is 9.24 Å². The number of rotatable bonds is 6. The summed E-state index contributed by atoms with van der Waals surface area (Å²) in [5.41, 5.74) is 0.962. The van der Waals surface area contributed by atoms with E-state index in [2.05, 4.69) is 23.1 Å². The van der Waals surface area contributed by atoms with Gasteiger partial charge in [0.1, 0.15) is 0 Å². The Hall–Kier alpha value is 0.430. The van der Waals surface area contributed by atoms with Crippen LogP contribution in [0, 0.1) is 11.8 Å². The first-order valence-corrected chi connectivity index (χ1v) is 6.66. The van der Waals surface area contributed by atoms with Crippen LogP contribution in [0.4, 0.5) is 0 Å². The Morgan fingerprint density at radius 2 is 2.08 bits per heavy atom. The minimum absolute atomic E-state index is 0.952. The molecule has 0 aliphatic heterocycles. The zero-order valence-corrected chi connectivity index (χ0v) is 10.4. The molecule has 0 spiro atoms. The second-order valence-electron chi connectivity index (χ2n) is 4.80. The van der Waals surface area contributed by atoms with Gasteiger partial charge in [0.2, 0.25) is 0 Å². The Kier molecular flexibility index (Phi) is 5.32. The Morgan fingerprint density at radius 3 is 2.54 bits per heavy atom. The smallest absolute Gasteiger partial charge is 0.0236 e. The van der Waals surface area contributed by atoms with Gasteiger partial charge in [0.25, 0.3) is 0 Å². The van der Waals surface area contributed by atoms with E-state index in [-0.39, 0.29) is 0 Å². The molecule has 0 heterocycles. The summed E-state index contributed by atoms with van der Waals surface area (Å²) in [6.45, 7) is 4.68. The van der Waals surface area contributed by atoms with Gasteiger partial charge in [-0.05, 0) is 36.8 Å². The van der Waals surface area contributed by atoms with E-state index in [1.807, 2.05) is 0 Å². The Balaban J connectivity index is 1.89. The van der Waals surface area contributed by atoms with Crippen LogP contribution in [0.2, 0.25) is 0 Å². The van der Waals surface area contributed by atoms with Crippen molar-refractivity contribution in [2.45, 2.75) is 64.5 Å². The monoisotopic (exact) mass is 200 g/mol. The third-order valence-electron chi connectivity index (χ3n) is 3.70. The Labute approximate surface area is 86.1 Å². The highest BCUT2D eigenvalue weighted by Crippen LogP contribution is 2.37. The lowest BCUT2D eigenvalue weighted by Crippen LogP contribution is -2.25. The zero-order valence-electron chi connectivity index (χ0n) is 9.26. The van der Waals surface area contributed by atoms with Crippen LogP contribution < -0.4 is 0 Å². The van der Waals surface area contributed by atoms with Gasteiger partial charge >= 0.3 is 0 Å². The molecule has 0 radical (unpaired) electrons. The molecule has 1 aliphatic carbocycles. The van der Waals surface area contributed by atoms with Crippen LogP contribution in [0.1, 0.15) is 58.8 Å². The summed E-state index contributed by atoms with van der Waals surface area (Å²) in [5, 5.41) is 0. The largest absolute Gasteiger partial charge is 0.134 e. The van der Waals surface area contributed by atoms with Crippen LogP contribution in [0.25, 0.3) is 0 Å². The summed E-state index contributed by atoms with van der Waals surface area (Å²) < 4.78 is 0. The van der Waals surface area contributed by atoms with Crippen LogP contribution in [-0.2, 0) is 0 Å². The Bertz CT molecular complexity index is 133. The van der Waals surface area contributed by atoms with Gasteiger partial charge in [-0.2, -0.15) is 0 Å². The van der Waals surface area contributed by atoms with Gasteiger partial charge in [-0.15, -0.1) is 9.24 Å². The minimum atomic E-state index is 0.952. The van der Waals surface area contributed by atoms with Crippen molar-refractivity contribution in [3.8, 4) is 0 Å². The first-order valence-electron chi connectivity index (χ1n) is 5.99. The van der Waals surface area contributed by atoms with Gasteiger partial charge in [-0.3, -0.25) is 0 Å². The normalized spacial score (nSPS) is 29.8. The van der Waals surface area contributed by atoms with Gasteiger partial charge in [0.05, 0.1) is 0 Å². The summed E-state index contributed by atoms with van der Waals surface area (Å²) >= 11 is 0. The zero-order chi connectivity index (χ0) is 9.68. The van der Waals surface area contributed by atoms with Gasteiger partial charge < -0.3 is 0 Å². The Morgan fingerprint density at radius 1 is 1.31 bits per heavy atom. The van der Waals surface area contributed by atoms with Crippen molar-refractivity contribution < 1.29 is 0 Å². The lowest BCUT2D eigenvalue weighted by Gasteiger charge is -2.33. The van der Waals surface area contributed by atoms with Crippen molar-refractivity contribution >= 4 is 9.24 Å². The topological polar surface area (TPSA) is 0 Å².